The summed E-state index contributed by atoms with van der Waals surface area (Å²) in [6, 6.07) is 7.15. The number of hydrogen-bond donors (Lipinski definition) is 2. The lowest BCUT2D eigenvalue weighted by Gasteiger charge is -2.34. The number of rotatable bonds is 5. The second kappa shape index (κ2) is 9.93. The van der Waals surface area contributed by atoms with Crippen LogP contribution in [0.1, 0.15) is 35.4 Å². The van der Waals surface area contributed by atoms with Gasteiger partial charge in [-0.2, -0.15) is 0 Å². The Kier molecular flexibility index (Phi) is 6.90. The fourth-order valence-corrected chi connectivity index (χ4v) is 5.69. The molecule has 0 amide bonds. The Morgan fingerprint density at radius 2 is 1.86 bits per heavy atom. The number of halogens is 3. The minimum absolute atomic E-state index is 0. The Balaban J connectivity index is 0.00000253. The van der Waals surface area contributed by atoms with E-state index >= 15 is 0 Å². The zero-order valence-corrected chi connectivity index (χ0v) is 20.2. The highest BCUT2D eigenvalue weighted by molar-refractivity contribution is 5.85. The van der Waals surface area contributed by atoms with Crippen molar-refractivity contribution in [3.63, 3.8) is 0 Å². The number of benzene rings is 2. The van der Waals surface area contributed by atoms with Crippen LogP contribution in [0.2, 0.25) is 0 Å². The first kappa shape index (κ1) is 24.3. The van der Waals surface area contributed by atoms with Gasteiger partial charge in [0.2, 0.25) is 0 Å². The summed E-state index contributed by atoms with van der Waals surface area (Å²) in [5.41, 5.74) is 3.13. The van der Waals surface area contributed by atoms with E-state index in [0.29, 0.717) is 43.7 Å². The van der Waals surface area contributed by atoms with Crippen molar-refractivity contribution in [3.8, 4) is 11.5 Å². The number of ether oxygens (including phenoxy) is 2. The summed E-state index contributed by atoms with van der Waals surface area (Å²) in [7, 11) is 0. The van der Waals surface area contributed by atoms with E-state index in [4.69, 9.17) is 9.47 Å². The standard InChI is InChI=1S/C26H29F2N3O3.ClH/c27-20-4-1-16-3-6-22(32)31-15-18(23(20)25(16)31)14-30-9-7-19(8-10-30)29-13-17-2-5-21-26(24(17)28)34-12-11-33-21;/h1-6,18-19,22,29,32H,7-15H2;1H. The second-order valence-corrected chi connectivity index (χ2v) is 9.54. The van der Waals surface area contributed by atoms with Gasteiger partial charge in [-0.25, -0.2) is 8.78 Å². The van der Waals surface area contributed by atoms with Gasteiger partial charge in [-0.3, -0.25) is 0 Å². The van der Waals surface area contributed by atoms with Gasteiger partial charge < -0.3 is 29.7 Å². The fourth-order valence-electron chi connectivity index (χ4n) is 5.69. The molecule has 2 N–H and O–H groups in total. The topological polar surface area (TPSA) is 57.2 Å². The van der Waals surface area contributed by atoms with Crippen LogP contribution in [0.15, 0.2) is 30.3 Å². The van der Waals surface area contributed by atoms with Crippen LogP contribution >= 0.6 is 12.4 Å². The number of nitrogens with zero attached hydrogens (tertiary/aromatic N) is 2. The summed E-state index contributed by atoms with van der Waals surface area (Å²) in [6.07, 6.45) is 4.83. The van der Waals surface area contributed by atoms with E-state index in [9.17, 15) is 13.9 Å². The molecule has 0 saturated carbocycles. The number of anilines is 1. The molecule has 9 heteroatoms. The molecule has 2 unspecified atom stereocenters. The Morgan fingerprint density at radius 1 is 1.06 bits per heavy atom. The lowest BCUT2D eigenvalue weighted by atomic mass is 9.95. The number of nitrogens with one attached hydrogen (secondary N) is 1. The van der Waals surface area contributed by atoms with E-state index in [1.54, 1.807) is 30.3 Å². The molecule has 0 spiro atoms. The van der Waals surface area contributed by atoms with Crippen molar-refractivity contribution >= 4 is 24.2 Å². The Labute approximate surface area is 209 Å². The maximum Gasteiger partial charge on any atom is 0.197 e. The van der Waals surface area contributed by atoms with E-state index in [1.807, 2.05) is 11.0 Å². The van der Waals surface area contributed by atoms with E-state index in [0.717, 1.165) is 49.3 Å². The average molecular weight is 506 g/mol. The fraction of sp³-hybridized carbons (Fsp3) is 0.462. The predicted molar refractivity (Wildman–Crippen MR) is 132 cm³/mol. The molecule has 6 rings (SSSR count). The molecule has 2 atom stereocenters. The highest BCUT2D eigenvalue weighted by atomic mass is 35.5. The second-order valence-electron chi connectivity index (χ2n) is 9.54. The molecular formula is C26H30ClF2N3O3. The Morgan fingerprint density at radius 3 is 2.69 bits per heavy atom. The zero-order valence-electron chi connectivity index (χ0n) is 19.4. The summed E-state index contributed by atoms with van der Waals surface area (Å²) in [6.45, 7) is 4.43. The maximum atomic E-state index is 14.8. The number of likely N-dealkylation sites (tertiary alicyclic amines) is 1. The van der Waals surface area contributed by atoms with Crippen LogP contribution in [0.3, 0.4) is 0 Å². The first-order chi connectivity index (χ1) is 16.6. The van der Waals surface area contributed by atoms with Crippen LogP contribution in [0, 0.1) is 11.6 Å². The first-order valence-corrected chi connectivity index (χ1v) is 12.1. The summed E-state index contributed by atoms with van der Waals surface area (Å²) >= 11 is 0. The molecule has 4 aliphatic heterocycles. The predicted octanol–water partition coefficient (Wildman–Crippen LogP) is 3.66. The minimum atomic E-state index is -0.700. The van der Waals surface area contributed by atoms with Gasteiger partial charge in [0, 0.05) is 42.7 Å². The quantitative estimate of drug-likeness (QED) is 0.647. The molecule has 1 saturated heterocycles. The Hall–Kier alpha value is -2.39. The first-order valence-electron chi connectivity index (χ1n) is 12.1. The van der Waals surface area contributed by atoms with Crippen LogP contribution in [-0.2, 0) is 6.54 Å². The lowest BCUT2D eigenvalue weighted by Crippen LogP contribution is -2.44. The summed E-state index contributed by atoms with van der Waals surface area (Å²) in [5.74, 6) is 0.176. The molecule has 0 bridgehead atoms. The van der Waals surface area contributed by atoms with Crippen molar-refractivity contribution in [2.75, 3.05) is 44.3 Å². The largest absolute Gasteiger partial charge is 0.486 e. The molecule has 4 aliphatic rings. The Bertz CT molecular complexity index is 1120. The minimum Gasteiger partial charge on any atom is -0.486 e. The van der Waals surface area contributed by atoms with Gasteiger partial charge in [0.05, 0.1) is 5.69 Å². The summed E-state index contributed by atoms with van der Waals surface area (Å²) in [4.78, 5) is 4.29. The third kappa shape index (κ3) is 4.48. The molecule has 0 aliphatic carbocycles. The summed E-state index contributed by atoms with van der Waals surface area (Å²) in [5, 5.41) is 13.9. The highest BCUT2D eigenvalue weighted by Crippen LogP contribution is 2.44. The van der Waals surface area contributed by atoms with E-state index in [2.05, 4.69) is 10.2 Å². The van der Waals surface area contributed by atoms with Crippen LogP contribution in [0.4, 0.5) is 14.5 Å². The molecule has 2 aromatic carbocycles. The normalized spacial score (nSPS) is 23.2. The molecule has 6 nitrogen and oxygen atoms in total. The van der Waals surface area contributed by atoms with E-state index in [-0.39, 0.29) is 35.7 Å². The van der Waals surface area contributed by atoms with Crippen LogP contribution < -0.4 is 19.7 Å². The smallest absolute Gasteiger partial charge is 0.197 e. The van der Waals surface area contributed by atoms with Crippen LogP contribution in [0.5, 0.6) is 11.5 Å². The number of aliphatic hydroxyl groups is 1. The van der Waals surface area contributed by atoms with Crippen molar-refractivity contribution in [2.45, 2.75) is 37.6 Å². The van der Waals surface area contributed by atoms with Crippen molar-refractivity contribution in [2.24, 2.45) is 0 Å². The van der Waals surface area contributed by atoms with Crippen molar-refractivity contribution in [1.82, 2.24) is 10.2 Å². The SMILES string of the molecule is Cl.OC1C=Cc2ccc(F)c3c2N1CC3CN1CCC(NCc2ccc3c(c2F)OCCO3)CC1. The number of fused-ring (bicyclic) bond motifs is 1. The molecule has 1 fully saturated rings. The molecular weight excluding hydrogens is 476 g/mol. The van der Waals surface area contributed by atoms with E-state index < -0.39 is 6.23 Å². The van der Waals surface area contributed by atoms with Gasteiger partial charge >= 0.3 is 0 Å². The van der Waals surface area contributed by atoms with Crippen LogP contribution in [-0.4, -0.2) is 61.7 Å². The third-order valence-corrected chi connectivity index (χ3v) is 7.45. The highest BCUT2D eigenvalue weighted by Gasteiger charge is 2.38. The number of piperidine rings is 1. The number of aliphatic hydroxyl groups excluding tert-OH is 1. The molecule has 4 heterocycles. The van der Waals surface area contributed by atoms with Gasteiger partial charge in [0.15, 0.2) is 17.3 Å². The lowest BCUT2D eigenvalue weighted by molar-refractivity contribution is 0.163. The molecule has 0 aromatic heterocycles. The number of hydrogen-bond acceptors (Lipinski definition) is 6. The van der Waals surface area contributed by atoms with Crippen molar-refractivity contribution < 1.29 is 23.4 Å². The van der Waals surface area contributed by atoms with Crippen molar-refractivity contribution in [3.05, 3.63) is 58.7 Å². The third-order valence-electron chi connectivity index (χ3n) is 7.45. The van der Waals surface area contributed by atoms with Crippen LogP contribution in [0.25, 0.3) is 6.08 Å². The maximum absolute atomic E-state index is 14.8. The van der Waals surface area contributed by atoms with Gasteiger partial charge in [0.25, 0.3) is 0 Å². The molecule has 35 heavy (non-hydrogen) atoms. The zero-order chi connectivity index (χ0) is 23.2. The monoisotopic (exact) mass is 505 g/mol. The van der Waals surface area contributed by atoms with Gasteiger partial charge in [-0.05, 0) is 55.8 Å². The molecule has 188 valence electrons. The summed E-state index contributed by atoms with van der Waals surface area (Å²) < 4.78 is 40.4. The molecule has 0 radical (unpaired) electrons. The van der Waals surface area contributed by atoms with Gasteiger partial charge in [-0.1, -0.05) is 12.1 Å². The average Bonchev–Trinajstić information content (AvgIpc) is 3.25. The van der Waals surface area contributed by atoms with Gasteiger partial charge in [-0.15, -0.1) is 12.4 Å². The van der Waals surface area contributed by atoms with Gasteiger partial charge in [0.1, 0.15) is 25.3 Å². The van der Waals surface area contributed by atoms with E-state index in [1.165, 1.54) is 0 Å². The molecule has 2 aromatic rings. The van der Waals surface area contributed by atoms with Crippen molar-refractivity contribution in [1.29, 1.82) is 0 Å².